The average Bonchev–Trinajstić information content (AvgIpc) is 2.28. The zero-order valence-corrected chi connectivity index (χ0v) is 8.55. The highest BCUT2D eigenvalue weighted by molar-refractivity contribution is 5.36. The van der Waals surface area contributed by atoms with E-state index in [9.17, 15) is 22.0 Å². The summed E-state index contributed by atoms with van der Waals surface area (Å²) < 4.78 is 65.4. The molecular formula is C10H10F5NO. The molecule has 0 amide bonds. The van der Waals surface area contributed by atoms with Crippen LogP contribution in [-0.2, 0) is 0 Å². The van der Waals surface area contributed by atoms with E-state index >= 15 is 0 Å². The highest BCUT2D eigenvalue weighted by atomic mass is 19.3. The van der Waals surface area contributed by atoms with Crippen molar-refractivity contribution in [3.05, 3.63) is 29.8 Å². The fourth-order valence-corrected chi connectivity index (χ4v) is 1.15. The second-order valence-electron chi connectivity index (χ2n) is 3.26. The smallest absolute Gasteiger partial charge is 0.428 e. The maximum absolute atomic E-state index is 12.7. The van der Waals surface area contributed by atoms with Crippen molar-refractivity contribution in [3.8, 4) is 5.75 Å². The lowest BCUT2D eigenvalue weighted by Gasteiger charge is -2.20. The molecule has 96 valence electrons. The molecule has 0 heterocycles. The number of hydrogen-bond acceptors (Lipinski definition) is 2. The maximum Gasteiger partial charge on any atom is 0.461 e. The molecule has 1 aromatic rings. The summed E-state index contributed by atoms with van der Waals surface area (Å²) in [6, 6.07) is 3.78. The maximum atomic E-state index is 12.7. The van der Waals surface area contributed by atoms with Gasteiger partial charge in [-0.25, -0.2) is 4.39 Å². The van der Waals surface area contributed by atoms with Crippen LogP contribution in [0.25, 0.3) is 0 Å². The molecule has 0 spiro atoms. The van der Waals surface area contributed by atoms with Gasteiger partial charge in [-0.05, 0) is 6.07 Å². The first-order valence-corrected chi connectivity index (χ1v) is 4.64. The zero-order chi connectivity index (χ0) is 13.1. The van der Waals surface area contributed by atoms with Gasteiger partial charge in [-0.3, -0.25) is 0 Å². The lowest BCUT2D eigenvalue weighted by Crippen LogP contribution is -2.34. The minimum Gasteiger partial charge on any atom is -0.428 e. The number of rotatable bonds is 5. The third-order valence-corrected chi connectivity index (χ3v) is 1.98. The summed E-state index contributed by atoms with van der Waals surface area (Å²) in [4.78, 5) is 0. The van der Waals surface area contributed by atoms with Crippen LogP contribution in [0.1, 0.15) is 11.6 Å². The van der Waals surface area contributed by atoms with Crippen molar-refractivity contribution >= 4 is 0 Å². The van der Waals surface area contributed by atoms with Crippen LogP contribution in [0.5, 0.6) is 5.75 Å². The van der Waals surface area contributed by atoms with Crippen LogP contribution in [0.2, 0.25) is 0 Å². The molecule has 0 aliphatic heterocycles. The van der Waals surface area contributed by atoms with E-state index < -0.39 is 31.0 Å². The summed E-state index contributed by atoms with van der Waals surface area (Å²) >= 11 is 0. The molecule has 2 N–H and O–H groups in total. The SMILES string of the molecule is N[C@H](CF)c1ccccc1OC(F)(F)C(F)F. The normalized spacial score (nSPS) is 13.8. The molecular weight excluding hydrogens is 245 g/mol. The Balaban J connectivity index is 2.98. The van der Waals surface area contributed by atoms with Gasteiger partial charge in [-0.1, -0.05) is 18.2 Å². The van der Waals surface area contributed by atoms with Crippen molar-refractivity contribution in [3.63, 3.8) is 0 Å². The predicted molar refractivity (Wildman–Crippen MR) is 50.9 cm³/mol. The number of para-hydroxylation sites is 1. The van der Waals surface area contributed by atoms with Crippen molar-refractivity contribution in [1.82, 2.24) is 0 Å². The van der Waals surface area contributed by atoms with Gasteiger partial charge in [-0.2, -0.15) is 17.6 Å². The van der Waals surface area contributed by atoms with Gasteiger partial charge in [0, 0.05) is 5.56 Å². The third kappa shape index (κ3) is 3.29. The molecule has 2 nitrogen and oxygen atoms in total. The van der Waals surface area contributed by atoms with Crippen LogP contribution < -0.4 is 10.5 Å². The van der Waals surface area contributed by atoms with Crippen LogP contribution in [-0.4, -0.2) is 19.2 Å². The molecule has 0 fully saturated rings. The minimum absolute atomic E-state index is 0.0877. The van der Waals surface area contributed by atoms with Crippen LogP contribution in [0.15, 0.2) is 24.3 Å². The highest BCUT2D eigenvalue weighted by Crippen LogP contribution is 2.31. The van der Waals surface area contributed by atoms with Gasteiger partial charge >= 0.3 is 12.5 Å². The quantitative estimate of drug-likeness (QED) is 0.821. The van der Waals surface area contributed by atoms with Crippen molar-refractivity contribution < 1.29 is 26.7 Å². The number of benzene rings is 1. The molecule has 0 aliphatic rings. The Bertz CT molecular complexity index is 371. The van der Waals surface area contributed by atoms with E-state index in [-0.39, 0.29) is 5.56 Å². The second-order valence-corrected chi connectivity index (χ2v) is 3.26. The van der Waals surface area contributed by atoms with E-state index in [0.717, 1.165) is 6.07 Å². The second kappa shape index (κ2) is 5.31. The summed E-state index contributed by atoms with van der Waals surface area (Å²) in [6.45, 7) is -1.01. The predicted octanol–water partition coefficient (Wildman–Crippen LogP) is 2.89. The minimum atomic E-state index is -4.63. The van der Waals surface area contributed by atoms with E-state index in [4.69, 9.17) is 5.73 Å². The molecule has 0 radical (unpaired) electrons. The first kappa shape index (κ1) is 13.7. The lowest BCUT2D eigenvalue weighted by atomic mass is 10.1. The first-order valence-electron chi connectivity index (χ1n) is 4.64. The number of halogens is 5. The van der Waals surface area contributed by atoms with Gasteiger partial charge in [0.05, 0.1) is 6.04 Å². The topological polar surface area (TPSA) is 35.2 Å². The Labute approximate surface area is 94.2 Å². The van der Waals surface area contributed by atoms with Gasteiger partial charge in [0.15, 0.2) is 0 Å². The molecule has 0 bridgehead atoms. The van der Waals surface area contributed by atoms with E-state index in [1.165, 1.54) is 18.2 Å². The number of hydrogen-bond donors (Lipinski definition) is 1. The van der Waals surface area contributed by atoms with E-state index in [2.05, 4.69) is 4.74 Å². The molecule has 0 saturated heterocycles. The van der Waals surface area contributed by atoms with Crippen molar-refractivity contribution in [1.29, 1.82) is 0 Å². The fourth-order valence-electron chi connectivity index (χ4n) is 1.15. The molecule has 0 saturated carbocycles. The van der Waals surface area contributed by atoms with Crippen LogP contribution in [0.3, 0.4) is 0 Å². The zero-order valence-electron chi connectivity index (χ0n) is 8.55. The Hall–Kier alpha value is -1.37. The summed E-state index contributed by atoms with van der Waals surface area (Å²) in [6.07, 6.45) is -8.61. The number of nitrogens with two attached hydrogens (primary N) is 1. The monoisotopic (exact) mass is 255 g/mol. The molecule has 17 heavy (non-hydrogen) atoms. The number of ether oxygens (including phenoxy) is 1. The molecule has 7 heteroatoms. The molecule has 1 atom stereocenters. The summed E-state index contributed by atoms with van der Waals surface area (Å²) in [5, 5.41) is 0. The van der Waals surface area contributed by atoms with Crippen LogP contribution in [0.4, 0.5) is 22.0 Å². The van der Waals surface area contributed by atoms with Gasteiger partial charge in [-0.15, -0.1) is 0 Å². The Morgan fingerprint density at radius 3 is 2.35 bits per heavy atom. The fraction of sp³-hybridized carbons (Fsp3) is 0.400. The van der Waals surface area contributed by atoms with Crippen LogP contribution >= 0.6 is 0 Å². The molecule has 1 aromatic carbocycles. The largest absolute Gasteiger partial charge is 0.461 e. The Morgan fingerprint density at radius 2 is 1.82 bits per heavy atom. The summed E-state index contributed by atoms with van der Waals surface area (Å²) in [5.41, 5.74) is 5.21. The van der Waals surface area contributed by atoms with Gasteiger partial charge in [0.1, 0.15) is 12.4 Å². The average molecular weight is 255 g/mol. The van der Waals surface area contributed by atoms with Crippen LogP contribution in [0, 0.1) is 0 Å². The van der Waals surface area contributed by atoms with E-state index in [1.807, 2.05) is 0 Å². The molecule has 0 unspecified atom stereocenters. The number of alkyl halides is 5. The van der Waals surface area contributed by atoms with Gasteiger partial charge < -0.3 is 10.5 Å². The standard InChI is InChI=1S/C10H10F5NO/c11-5-7(16)6-3-1-2-4-8(6)17-10(14,15)9(12)13/h1-4,7,9H,5,16H2/t7-/m1/s1. The van der Waals surface area contributed by atoms with Crippen molar-refractivity contribution in [2.75, 3.05) is 6.67 Å². The van der Waals surface area contributed by atoms with Gasteiger partial charge in [0.25, 0.3) is 0 Å². The highest BCUT2D eigenvalue weighted by Gasteiger charge is 2.44. The van der Waals surface area contributed by atoms with Crippen molar-refractivity contribution in [2.45, 2.75) is 18.6 Å². The summed E-state index contributed by atoms with van der Waals surface area (Å²) in [5.74, 6) is -0.553. The van der Waals surface area contributed by atoms with E-state index in [1.54, 1.807) is 0 Å². The lowest BCUT2D eigenvalue weighted by molar-refractivity contribution is -0.253. The molecule has 1 rings (SSSR count). The Kier molecular flexibility index (Phi) is 4.28. The van der Waals surface area contributed by atoms with Gasteiger partial charge in [0.2, 0.25) is 0 Å². The Morgan fingerprint density at radius 1 is 1.24 bits per heavy atom. The summed E-state index contributed by atoms with van der Waals surface area (Å²) in [7, 11) is 0. The van der Waals surface area contributed by atoms with Crippen molar-refractivity contribution in [2.24, 2.45) is 5.73 Å². The molecule has 0 aliphatic carbocycles. The first-order chi connectivity index (χ1) is 7.88. The third-order valence-electron chi connectivity index (χ3n) is 1.98. The molecule has 0 aromatic heterocycles. The van der Waals surface area contributed by atoms with E-state index in [0.29, 0.717) is 0 Å².